The van der Waals surface area contributed by atoms with Crippen molar-refractivity contribution in [1.82, 2.24) is 0 Å². The molecule has 0 radical (unpaired) electrons. The van der Waals surface area contributed by atoms with Crippen molar-refractivity contribution in [2.75, 3.05) is 14.2 Å². The first-order valence-electron chi connectivity index (χ1n) is 4.68. The topological polar surface area (TPSA) is 35.5 Å². The molecule has 1 atom stereocenters. The van der Waals surface area contributed by atoms with Crippen molar-refractivity contribution in [1.29, 1.82) is 0 Å². The van der Waals surface area contributed by atoms with Gasteiger partial charge in [0, 0.05) is 0 Å². The van der Waals surface area contributed by atoms with Crippen LogP contribution in [0.1, 0.15) is 11.5 Å². The Labute approximate surface area is 96.1 Å². The van der Waals surface area contributed by atoms with Crippen LogP contribution in [0.5, 0.6) is 5.75 Å². The SMILES string of the molecule is COC(=O)C(c1cccc(OC)c1)C(F)(F)F. The first-order valence-corrected chi connectivity index (χ1v) is 4.68. The predicted octanol–water partition coefficient (Wildman–Crippen LogP) is 2.51. The van der Waals surface area contributed by atoms with E-state index >= 15 is 0 Å². The summed E-state index contributed by atoms with van der Waals surface area (Å²) in [6.07, 6.45) is -4.69. The maximum Gasteiger partial charge on any atom is 0.406 e. The minimum absolute atomic E-state index is 0.205. The van der Waals surface area contributed by atoms with Gasteiger partial charge < -0.3 is 9.47 Å². The van der Waals surface area contributed by atoms with Crippen LogP contribution >= 0.6 is 0 Å². The van der Waals surface area contributed by atoms with Gasteiger partial charge in [-0.05, 0) is 17.7 Å². The highest BCUT2D eigenvalue weighted by atomic mass is 19.4. The molecule has 94 valence electrons. The number of halogens is 3. The van der Waals surface area contributed by atoms with Gasteiger partial charge in [0.15, 0.2) is 5.92 Å². The maximum atomic E-state index is 12.7. The lowest BCUT2D eigenvalue weighted by Crippen LogP contribution is -2.29. The number of ether oxygens (including phenoxy) is 2. The summed E-state index contributed by atoms with van der Waals surface area (Å²) in [5.74, 6) is -3.38. The van der Waals surface area contributed by atoms with Crippen LogP contribution in [0.15, 0.2) is 24.3 Å². The molecule has 0 spiro atoms. The molecule has 0 amide bonds. The third-order valence-corrected chi connectivity index (χ3v) is 2.19. The van der Waals surface area contributed by atoms with Crippen molar-refractivity contribution in [2.45, 2.75) is 12.1 Å². The van der Waals surface area contributed by atoms with Crippen LogP contribution in [0.2, 0.25) is 0 Å². The Morgan fingerprint density at radius 1 is 1.29 bits per heavy atom. The Morgan fingerprint density at radius 2 is 1.94 bits per heavy atom. The summed E-state index contributed by atoms with van der Waals surface area (Å²) in [6, 6.07) is 5.25. The van der Waals surface area contributed by atoms with E-state index < -0.39 is 18.1 Å². The summed E-state index contributed by atoms with van der Waals surface area (Å²) in [6.45, 7) is 0. The van der Waals surface area contributed by atoms with Crippen LogP contribution in [-0.2, 0) is 9.53 Å². The van der Waals surface area contributed by atoms with Crippen LogP contribution < -0.4 is 4.74 Å². The highest BCUT2D eigenvalue weighted by molar-refractivity contribution is 5.79. The minimum atomic E-state index is -4.69. The lowest BCUT2D eigenvalue weighted by atomic mass is 9.98. The quantitative estimate of drug-likeness (QED) is 0.771. The van der Waals surface area contributed by atoms with Crippen molar-refractivity contribution >= 4 is 5.97 Å². The summed E-state index contributed by atoms with van der Waals surface area (Å²) in [4.78, 5) is 11.2. The fraction of sp³-hybridized carbons (Fsp3) is 0.364. The van der Waals surface area contributed by atoms with Gasteiger partial charge in [-0.3, -0.25) is 4.79 Å². The Hall–Kier alpha value is -1.72. The number of benzene rings is 1. The molecule has 0 aromatic heterocycles. The van der Waals surface area contributed by atoms with Crippen molar-refractivity contribution in [3.63, 3.8) is 0 Å². The van der Waals surface area contributed by atoms with Crippen LogP contribution in [0.4, 0.5) is 13.2 Å². The number of methoxy groups -OCH3 is 2. The number of rotatable bonds is 3. The maximum absolute atomic E-state index is 12.7. The molecular formula is C11H11F3O3. The number of carbonyl (C=O) groups is 1. The second kappa shape index (κ2) is 5.07. The van der Waals surface area contributed by atoms with Crippen molar-refractivity contribution in [3.05, 3.63) is 29.8 Å². The molecule has 1 rings (SSSR count). The number of esters is 1. The molecule has 3 nitrogen and oxygen atoms in total. The molecule has 0 aliphatic rings. The van der Waals surface area contributed by atoms with Crippen LogP contribution in [-0.4, -0.2) is 26.4 Å². The summed E-state index contributed by atoms with van der Waals surface area (Å²) < 4.78 is 47.2. The molecular weight excluding hydrogens is 237 g/mol. The molecule has 0 bridgehead atoms. The normalized spacial score (nSPS) is 13.0. The minimum Gasteiger partial charge on any atom is -0.497 e. The average molecular weight is 248 g/mol. The van der Waals surface area contributed by atoms with Crippen LogP contribution in [0.3, 0.4) is 0 Å². The van der Waals surface area contributed by atoms with Gasteiger partial charge in [-0.25, -0.2) is 0 Å². The van der Waals surface area contributed by atoms with Gasteiger partial charge in [-0.1, -0.05) is 12.1 Å². The van der Waals surface area contributed by atoms with Gasteiger partial charge in [0.2, 0.25) is 0 Å². The Bertz CT molecular complexity index is 401. The Kier molecular flexibility index (Phi) is 3.98. The molecule has 0 N–H and O–H groups in total. The lowest BCUT2D eigenvalue weighted by Gasteiger charge is -2.18. The number of carbonyl (C=O) groups excluding carboxylic acids is 1. The highest BCUT2D eigenvalue weighted by Crippen LogP contribution is 2.36. The molecule has 17 heavy (non-hydrogen) atoms. The third kappa shape index (κ3) is 3.12. The largest absolute Gasteiger partial charge is 0.497 e. The zero-order valence-corrected chi connectivity index (χ0v) is 9.25. The van der Waals surface area contributed by atoms with E-state index in [2.05, 4.69) is 4.74 Å². The van der Waals surface area contributed by atoms with E-state index in [1.54, 1.807) is 0 Å². The van der Waals surface area contributed by atoms with Gasteiger partial charge >= 0.3 is 12.1 Å². The first kappa shape index (κ1) is 13.3. The second-order valence-electron chi connectivity index (χ2n) is 3.27. The van der Waals surface area contributed by atoms with E-state index in [1.807, 2.05) is 0 Å². The van der Waals surface area contributed by atoms with Gasteiger partial charge in [0.05, 0.1) is 14.2 Å². The number of hydrogen-bond acceptors (Lipinski definition) is 3. The number of alkyl halides is 3. The molecule has 0 saturated heterocycles. The van der Waals surface area contributed by atoms with Crippen molar-refractivity contribution < 1.29 is 27.4 Å². The van der Waals surface area contributed by atoms with E-state index in [4.69, 9.17) is 4.74 Å². The summed E-state index contributed by atoms with van der Waals surface area (Å²) >= 11 is 0. The average Bonchev–Trinajstić information content (AvgIpc) is 2.27. The van der Waals surface area contributed by atoms with Gasteiger partial charge in [0.1, 0.15) is 5.75 Å². The van der Waals surface area contributed by atoms with Crippen molar-refractivity contribution in [3.8, 4) is 5.75 Å². The molecule has 0 aliphatic carbocycles. The van der Waals surface area contributed by atoms with Crippen LogP contribution in [0.25, 0.3) is 0 Å². The Morgan fingerprint density at radius 3 is 2.41 bits per heavy atom. The predicted molar refractivity (Wildman–Crippen MR) is 53.8 cm³/mol. The van der Waals surface area contributed by atoms with Crippen LogP contribution in [0, 0.1) is 0 Å². The summed E-state index contributed by atoms with van der Waals surface area (Å²) in [5, 5.41) is 0. The molecule has 0 saturated carbocycles. The summed E-state index contributed by atoms with van der Waals surface area (Å²) in [7, 11) is 2.25. The fourth-order valence-corrected chi connectivity index (χ4v) is 1.40. The third-order valence-electron chi connectivity index (χ3n) is 2.19. The standard InChI is InChI=1S/C11H11F3O3/c1-16-8-5-3-4-7(6-8)9(10(15)17-2)11(12,13)14/h3-6,9H,1-2H3. The van der Waals surface area contributed by atoms with E-state index in [1.165, 1.54) is 25.3 Å². The van der Waals surface area contributed by atoms with E-state index in [0.717, 1.165) is 13.2 Å². The summed E-state index contributed by atoms with van der Waals surface area (Å²) in [5.41, 5.74) is -0.205. The zero-order chi connectivity index (χ0) is 13.1. The molecule has 1 unspecified atom stereocenters. The van der Waals surface area contributed by atoms with Gasteiger partial charge in [0.25, 0.3) is 0 Å². The second-order valence-corrected chi connectivity index (χ2v) is 3.27. The smallest absolute Gasteiger partial charge is 0.406 e. The molecule has 1 aromatic carbocycles. The van der Waals surface area contributed by atoms with Gasteiger partial charge in [-0.15, -0.1) is 0 Å². The first-order chi connectivity index (χ1) is 7.90. The van der Waals surface area contributed by atoms with Crippen molar-refractivity contribution in [2.24, 2.45) is 0 Å². The molecule has 0 heterocycles. The highest BCUT2D eigenvalue weighted by Gasteiger charge is 2.47. The molecule has 1 aromatic rings. The molecule has 6 heteroatoms. The monoisotopic (exact) mass is 248 g/mol. The fourth-order valence-electron chi connectivity index (χ4n) is 1.40. The lowest BCUT2D eigenvalue weighted by molar-refractivity contribution is -0.179. The number of hydrogen-bond donors (Lipinski definition) is 0. The zero-order valence-electron chi connectivity index (χ0n) is 9.25. The van der Waals surface area contributed by atoms with E-state index in [9.17, 15) is 18.0 Å². The van der Waals surface area contributed by atoms with Gasteiger partial charge in [-0.2, -0.15) is 13.2 Å². The molecule has 0 fully saturated rings. The Balaban J connectivity index is 3.17. The molecule has 0 aliphatic heterocycles. The van der Waals surface area contributed by atoms with E-state index in [-0.39, 0.29) is 11.3 Å². The van der Waals surface area contributed by atoms with E-state index in [0.29, 0.717) is 0 Å².